The molecule has 25 heavy (non-hydrogen) atoms. The molecule has 0 aliphatic carbocycles. The molecule has 8 nitrogen and oxygen atoms in total. The van der Waals surface area contributed by atoms with Crippen molar-refractivity contribution in [3.63, 3.8) is 0 Å². The maximum absolute atomic E-state index is 12.0. The molecular formula is C16H23N5O3S. The summed E-state index contributed by atoms with van der Waals surface area (Å²) in [6.07, 6.45) is 1.28. The third kappa shape index (κ3) is 3.68. The molecule has 0 bridgehead atoms. The number of aromatic nitrogens is 2. The highest BCUT2D eigenvalue weighted by Gasteiger charge is 2.27. The van der Waals surface area contributed by atoms with Gasteiger partial charge in [0.2, 0.25) is 5.89 Å². The number of anilines is 1. The van der Waals surface area contributed by atoms with E-state index in [1.165, 1.54) is 22.7 Å². The number of hydrogen-bond donors (Lipinski definition) is 1. The maximum atomic E-state index is 12.0. The number of hydrogen-bond acceptors (Lipinski definition) is 6. The molecule has 136 valence electrons. The minimum absolute atomic E-state index is 0.0712. The predicted molar refractivity (Wildman–Crippen MR) is 94.6 cm³/mol. The average Bonchev–Trinajstić information content (AvgIpc) is 3.07. The van der Waals surface area contributed by atoms with Gasteiger partial charge in [0.1, 0.15) is 0 Å². The molecule has 2 heterocycles. The second-order valence-corrected chi connectivity index (χ2v) is 8.52. The van der Waals surface area contributed by atoms with Crippen molar-refractivity contribution in [3.05, 3.63) is 41.5 Å². The zero-order valence-electron chi connectivity index (χ0n) is 14.6. The first kappa shape index (κ1) is 17.8. The first-order chi connectivity index (χ1) is 11.9. The third-order valence-electron chi connectivity index (χ3n) is 4.37. The molecular weight excluding hydrogens is 342 g/mol. The van der Waals surface area contributed by atoms with Gasteiger partial charge in [0.15, 0.2) is 5.82 Å². The van der Waals surface area contributed by atoms with Crippen molar-refractivity contribution < 1.29 is 12.9 Å². The third-order valence-corrected chi connectivity index (χ3v) is 6.27. The normalized spacial score (nSPS) is 17.6. The molecule has 0 amide bonds. The summed E-state index contributed by atoms with van der Waals surface area (Å²) in [4.78, 5) is 4.49. The molecule has 1 aromatic carbocycles. The van der Waals surface area contributed by atoms with E-state index in [1.54, 1.807) is 7.05 Å². The minimum atomic E-state index is -3.43. The van der Waals surface area contributed by atoms with Crippen LogP contribution in [0.25, 0.3) is 0 Å². The van der Waals surface area contributed by atoms with Crippen LogP contribution in [0, 0.1) is 0 Å². The van der Waals surface area contributed by atoms with Crippen LogP contribution in [-0.4, -0.2) is 61.4 Å². The van der Waals surface area contributed by atoms with Crippen LogP contribution in [-0.2, 0) is 16.6 Å². The van der Waals surface area contributed by atoms with Gasteiger partial charge in [0, 0.05) is 46.3 Å². The predicted octanol–water partition coefficient (Wildman–Crippen LogP) is 1.30. The van der Waals surface area contributed by atoms with Crippen molar-refractivity contribution in [1.82, 2.24) is 18.8 Å². The van der Waals surface area contributed by atoms with Crippen LogP contribution in [0.4, 0.5) is 5.69 Å². The van der Waals surface area contributed by atoms with E-state index < -0.39 is 10.2 Å². The van der Waals surface area contributed by atoms with E-state index in [0.717, 1.165) is 24.2 Å². The van der Waals surface area contributed by atoms with Gasteiger partial charge in [-0.2, -0.15) is 22.0 Å². The molecule has 9 heteroatoms. The molecule has 0 saturated carbocycles. The SMILES string of the molecule is CN(C)S(=O)(=O)N(C)CCc1noc(C2CCNc3ccccc32)n1. The number of likely N-dealkylation sites (N-methyl/N-ethyl adjacent to an activating group) is 1. The molecule has 1 aromatic heterocycles. The lowest BCUT2D eigenvalue weighted by Crippen LogP contribution is -2.38. The zero-order chi connectivity index (χ0) is 18.0. The van der Waals surface area contributed by atoms with E-state index in [-0.39, 0.29) is 5.92 Å². The van der Waals surface area contributed by atoms with E-state index >= 15 is 0 Å². The fourth-order valence-corrected chi connectivity index (χ4v) is 3.77. The van der Waals surface area contributed by atoms with Crippen LogP contribution in [0.5, 0.6) is 0 Å². The van der Waals surface area contributed by atoms with Crippen molar-refractivity contribution in [2.45, 2.75) is 18.8 Å². The van der Waals surface area contributed by atoms with Crippen LogP contribution >= 0.6 is 0 Å². The Kier molecular flexibility index (Phi) is 5.07. The van der Waals surface area contributed by atoms with Crippen molar-refractivity contribution in [3.8, 4) is 0 Å². The van der Waals surface area contributed by atoms with E-state index in [1.807, 2.05) is 18.2 Å². The lowest BCUT2D eigenvalue weighted by Gasteiger charge is -2.23. The lowest BCUT2D eigenvalue weighted by molar-refractivity contribution is 0.354. The summed E-state index contributed by atoms with van der Waals surface area (Å²) in [5.74, 6) is 1.18. The van der Waals surface area contributed by atoms with Gasteiger partial charge in [0.05, 0.1) is 5.92 Å². The van der Waals surface area contributed by atoms with Gasteiger partial charge in [0.25, 0.3) is 10.2 Å². The molecule has 1 atom stereocenters. The Hall–Kier alpha value is -1.97. The van der Waals surface area contributed by atoms with Crippen LogP contribution in [0.3, 0.4) is 0 Å². The van der Waals surface area contributed by atoms with Crippen molar-refractivity contribution in [1.29, 1.82) is 0 Å². The Morgan fingerprint density at radius 1 is 1.28 bits per heavy atom. The van der Waals surface area contributed by atoms with Gasteiger partial charge < -0.3 is 9.84 Å². The first-order valence-electron chi connectivity index (χ1n) is 8.18. The lowest BCUT2D eigenvalue weighted by atomic mass is 9.91. The van der Waals surface area contributed by atoms with E-state index in [0.29, 0.717) is 24.7 Å². The van der Waals surface area contributed by atoms with E-state index in [2.05, 4.69) is 21.5 Å². The number of nitrogens with zero attached hydrogens (tertiary/aromatic N) is 4. The summed E-state index contributed by atoms with van der Waals surface area (Å²) in [7, 11) is 1.13. The second kappa shape index (κ2) is 7.11. The monoisotopic (exact) mass is 365 g/mol. The quantitative estimate of drug-likeness (QED) is 0.830. The smallest absolute Gasteiger partial charge is 0.281 e. The summed E-state index contributed by atoms with van der Waals surface area (Å²) in [5.41, 5.74) is 2.24. The second-order valence-electron chi connectivity index (χ2n) is 6.27. The van der Waals surface area contributed by atoms with Crippen LogP contribution < -0.4 is 5.32 Å². The summed E-state index contributed by atoms with van der Waals surface area (Å²) in [5, 5.41) is 7.39. The van der Waals surface area contributed by atoms with Gasteiger partial charge in [-0.15, -0.1) is 0 Å². The topological polar surface area (TPSA) is 91.6 Å². The van der Waals surface area contributed by atoms with Crippen molar-refractivity contribution in [2.75, 3.05) is 39.5 Å². The highest BCUT2D eigenvalue weighted by Crippen LogP contribution is 2.35. The molecule has 1 unspecified atom stereocenters. The molecule has 0 radical (unpaired) electrons. The molecule has 1 N–H and O–H groups in total. The summed E-state index contributed by atoms with van der Waals surface area (Å²) < 4.78 is 32.0. The fourth-order valence-electron chi connectivity index (χ4n) is 2.89. The van der Waals surface area contributed by atoms with Gasteiger partial charge in [-0.05, 0) is 18.1 Å². The Morgan fingerprint density at radius 2 is 2.04 bits per heavy atom. The number of rotatable bonds is 6. The number of para-hydroxylation sites is 1. The Labute approximate surface area is 148 Å². The summed E-state index contributed by atoms with van der Waals surface area (Å²) >= 11 is 0. The molecule has 2 aromatic rings. The van der Waals surface area contributed by atoms with Crippen molar-refractivity contribution >= 4 is 15.9 Å². The van der Waals surface area contributed by atoms with Gasteiger partial charge in [-0.3, -0.25) is 0 Å². The fraction of sp³-hybridized carbons (Fsp3) is 0.500. The molecule has 0 spiro atoms. The van der Waals surface area contributed by atoms with Gasteiger partial charge in [-0.25, -0.2) is 0 Å². The molecule has 1 aliphatic rings. The van der Waals surface area contributed by atoms with Gasteiger partial charge in [-0.1, -0.05) is 23.4 Å². The molecule has 0 fully saturated rings. The molecule has 0 saturated heterocycles. The number of fused-ring (bicyclic) bond motifs is 1. The molecule has 1 aliphatic heterocycles. The Balaban J connectivity index is 1.70. The van der Waals surface area contributed by atoms with Crippen LogP contribution in [0.1, 0.15) is 29.6 Å². The van der Waals surface area contributed by atoms with E-state index in [9.17, 15) is 8.42 Å². The van der Waals surface area contributed by atoms with Crippen molar-refractivity contribution in [2.24, 2.45) is 0 Å². The minimum Gasteiger partial charge on any atom is -0.385 e. The zero-order valence-corrected chi connectivity index (χ0v) is 15.5. The average molecular weight is 365 g/mol. The Morgan fingerprint density at radius 3 is 2.80 bits per heavy atom. The van der Waals surface area contributed by atoms with Crippen LogP contribution in [0.15, 0.2) is 28.8 Å². The highest BCUT2D eigenvalue weighted by atomic mass is 32.2. The van der Waals surface area contributed by atoms with Gasteiger partial charge >= 0.3 is 0 Å². The maximum Gasteiger partial charge on any atom is 0.281 e. The number of benzene rings is 1. The Bertz CT molecular complexity index is 834. The summed E-state index contributed by atoms with van der Waals surface area (Å²) in [6.45, 7) is 1.14. The largest absolute Gasteiger partial charge is 0.385 e. The standard InChI is InChI=1S/C16H23N5O3S/c1-20(2)25(22,23)21(3)11-9-15-18-16(24-19-15)13-8-10-17-14-7-5-4-6-12(13)14/h4-7,13,17H,8-11H2,1-3H3. The summed E-state index contributed by atoms with van der Waals surface area (Å²) in [6, 6.07) is 8.10. The van der Waals surface area contributed by atoms with E-state index in [4.69, 9.17) is 4.52 Å². The van der Waals surface area contributed by atoms with Crippen LogP contribution in [0.2, 0.25) is 0 Å². The number of nitrogens with one attached hydrogen (secondary N) is 1. The first-order valence-corrected chi connectivity index (χ1v) is 9.58. The highest BCUT2D eigenvalue weighted by molar-refractivity contribution is 7.86. The molecule has 3 rings (SSSR count).